The molecule has 35 valence electrons. The van der Waals surface area contributed by atoms with E-state index in [1.54, 1.807) is 0 Å². The molecule has 1 unspecified atom stereocenters. The third kappa shape index (κ3) is 0.854. The Morgan fingerprint density at radius 2 is 2.67 bits per heavy atom. The Bertz CT molecular complexity index is 40.8. The van der Waals surface area contributed by atoms with Crippen LogP contribution in [0.4, 0.5) is 0 Å². The van der Waals surface area contributed by atoms with Gasteiger partial charge in [-0.2, -0.15) is 0 Å². The van der Waals surface area contributed by atoms with Gasteiger partial charge in [-0.25, -0.2) is 0 Å². The molecule has 0 aliphatic carbocycles. The van der Waals surface area contributed by atoms with Crippen molar-refractivity contribution in [1.82, 2.24) is 5.32 Å². The molecule has 1 atom stereocenters. The van der Waals surface area contributed by atoms with Crippen LogP contribution in [-0.2, 0) is 0 Å². The van der Waals surface area contributed by atoms with Crippen molar-refractivity contribution in [3.05, 3.63) is 6.42 Å². The zero-order valence-corrected chi connectivity index (χ0v) is 4.20. The Morgan fingerprint density at radius 1 is 1.83 bits per heavy atom. The zero-order chi connectivity index (χ0) is 4.41. The Balaban J connectivity index is 2.18. The van der Waals surface area contributed by atoms with E-state index in [9.17, 15) is 0 Å². The first-order valence-corrected chi connectivity index (χ1v) is 2.54. The molecule has 0 spiro atoms. The first-order valence-electron chi connectivity index (χ1n) is 2.10. The van der Waals surface area contributed by atoms with Crippen molar-refractivity contribution in [1.29, 1.82) is 0 Å². The average molecular weight is 105 g/mol. The highest BCUT2D eigenvalue weighted by Gasteiger charge is 2.08. The predicted molar refractivity (Wildman–Crippen MR) is 26.6 cm³/mol. The van der Waals surface area contributed by atoms with Crippen LogP contribution in [-0.4, -0.2) is 12.0 Å². The van der Waals surface area contributed by atoms with E-state index in [-0.39, 0.29) is 5.50 Å². The molecule has 0 aromatic carbocycles. The predicted octanol–water partition coefficient (Wildman–Crippen LogP) is 0.749. The van der Waals surface area contributed by atoms with Crippen LogP contribution in [0, 0.1) is 6.42 Å². The molecule has 1 saturated heterocycles. The fourth-order valence-corrected chi connectivity index (χ4v) is 0.769. The highest BCUT2D eigenvalue weighted by atomic mass is 35.5. The summed E-state index contributed by atoms with van der Waals surface area (Å²) in [6.45, 7) is 1.05. The van der Waals surface area contributed by atoms with E-state index in [1.807, 2.05) is 0 Å². The van der Waals surface area contributed by atoms with Gasteiger partial charge in [-0.15, -0.1) is 11.6 Å². The number of halogens is 1. The van der Waals surface area contributed by atoms with E-state index in [0.29, 0.717) is 0 Å². The van der Waals surface area contributed by atoms with E-state index in [2.05, 4.69) is 11.7 Å². The summed E-state index contributed by atoms with van der Waals surface area (Å²) < 4.78 is 0. The van der Waals surface area contributed by atoms with Crippen molar-refractivity contribution < 1.29 is 0 Å². The van der Waals surface area contributed by atoms with Gasteiger partial charge in [0.1, 0.15) is 0 Å². The molecule has 2 heteroatoms. The highest BCUT2D eigenvalue weighted by molar-refractivity contribution is 6.21. The van der Waals surface area contributed by atoms with Gasteiger partial charge in [-0.05, 0) is 19.4 Å². The second-order valence-electron chi connectivity index (χ2n) is 1.38. The average Bonchev–Trinajstić information content (AvgIpc) is 1.86. The van der Waals surface area contributed by atoms with Crippen molar-refractivity contribution in [3.8, 4) is 0 Å². The molecule has 1 radical (unpaired) electrons. The van der Waals surface area contributed by atoms with Crippen molar-refractivity contribution in [2.75, 3.05) is 6.54 Å². The van der Waals surface area contributed by atoms with E-state index >= 15 is 0 Å². The molecule has 6 heavy (non-hydrogen) atoms. The largest absolute Gasteiger partial charge is 0.301 e. The van der Waals surface area contributed by atoms with E-state index in [4.69, 9.17) is 11.6 Å². The van der Waals surface area contributed by atoms with Crippen molar-refractivity contribution in [2.45, 2.75) is 11.9 Å². The number of alkyl halides is 1. The maximum Gasteiger partial charge on any atom is 0.0858 e. The molecule has 1 fully saturated rings. The number of hydrogen-bond donors (Lipinski definition) is 1. The van der Waals surface area contributed by atoms with Crippen LogP contribution in [0.25, 0.3) is 0 Å². The van der Waals surface area contributed by atoms with Crippen molar-refractivity contribution >= 4 is 11.6 Å². The van der Waals surface area contributed by atoms with Gasteiger partial charge in [0.05, 0.1) is 5.50 Å². The maximum absolute atomic E-state index is 5.55. The van der Waals surface area contributed by atoms with Crippen LogP contribution in [0.3, 0.4) is 0 Å². The quantitative estimate of drug-likeness (QED) is 0.353. The van der Waals surface area contributed by atoms with Crippen LogP contribution >= 0.6 is 11.6 Å². The minimum atomic E-state index is 0.144. The minimum Gasteiger partial charge on any atom is -0.301 e. The second kappa shape index (κ2) is 1.80. The van der Waals surface area contributed by atoms with Gasteiger partial charge in [0.25, 0.3) is 0 Å². The topological polar surface area (TPSA) is 12.0 Å². The van der Waals surface area contributed by atoms with E-state index in [1.165, 1.54) is 0 Å². The molecule has 1 rings (SSSR count). The fraction of sp³-hybridized carbons (Fsp3) is 0.750. The van der Waals surface area contributed by atoms with Crippen LogP contribution in [0.2, 0.25) is 0 Å². The molecule has 1 nitrogen and oxygen atoms in total. The lowest BCUT2D eigenvalue weighted by molar-refractivity contribution is 0.822. The molecule has 0 bridgehead atoms. The maximum atomic E-state index is 5.55. The summed E-state index contributed by atoms with van der Waals surface area (Å²) in [5, 5.41) is 3.03. The Kier molecular flexibility index (Phi) is 1.33. The third-order valence-electron chi connectivity index (χ3n) is 0.857. The van der Waals surface area contributed by atoms with Crippen LogP contribution < -0.4 is 5.32 Å². The molecule has 0 aromatic rings. The molecular formula is C4H7ClN. The van der Waals surface area contributed by atoms with Crippen LogP contribution in [0.15, 0.2) is 0 Å². The van der Waals surface area contributed by atoms with Crippen LogP contribution in [0.5, 0.6) is 0 Å². The smallest absolute Gasteiger partial charge is 0.0858 e. The summed E-state index contributed by atoms with van der Waals surface area (Å²) in [5.74, 6) is 0. The summed E-state index contributed by atoms with van der Waals surface area (Å²) in [6, 6.07) is 0. The lowest BCUT2D eigenvalue weighted by Crippen LogP contribution is -2.13. The normalized spacial score (nSPS) is 34.5. The molecule has 1 heterocycles. The molecule has 0 amide bonds. The zero-order valence-electron chi connectivity index (χ0n) is 3.45. The fourth-order valence-electron chi connectivity index (χ4n) is 0.534. The number of hydrogen-bond acceptors (Lipinski definition) is 1. The van der Waals surface area contributed by atoms with E-state index < -0.39 is 0 Å². The van der Waals surface area contributed by atoms with Gasteiger partial charge in [0.15, 0.2) is 0 Å². The van der Waals surface area contributed by atoms with Gasteiger partial charge in [0, 0.05) is 0 Å². The van der Waals surface area contributed by atoms with Crippen LogP contribution in [0.1, 0.15) is 6.42 Å². The molecule has 1 aliphatic rings. The van der Waals surface area contributed by atoms with Gasteiger partial charge in [-0.3, -0.25) is 0 Å². The molecule has 0 aromatic heterocycles. The molecule has 0 saturated carbocycles. The molecule has 1 N–H and O–H groups in total. The van der Waals surface area contributed by atoms with Gasteiger partial charge in [0.2, 0.25) is 0 Å². The molecular weight excluding hydrogens is 97.5 g/mol. The Labute approximate surface area is 42.7 Å². The lowest BCUT2D eigenvalue weighted by atomic mass is 10.4. The Morgan fingerprint density at radius 3 is 2.83 bits per heavy atom. The number of nitrogens with one attached hydrogen (secondary N) is 1. The first-order chi connectivity index (χ1) is 2.89. The Hall–Kier alpha value is 0.250. The third-order valence-corrected chi connectivity index (χ3v) is 1.19. The van der Waals surface area contributed by atoms with Crippen molar-refractivity contribution in [2.24, 2.45) is 0 Å². The van der Waals surface area contributed by atoms with Gasteiger partial charge < -0.3 is 5.32 Å². The summed E-state index contributed by atoms with van der Waals surface area (Å²) in [7, 11) is 0. The minimum absolute atomic E-state index is 0.144. The summed E-state index contributed by atoms with van der Waals surface area (Å²) in [5.41, 5.74) is 0.144. The summed E-state index contributed by atoms with van der Waals surface area (Å²) in [4.78, 5) is 0. The highest BCUT2D eigenvalue weighted by Crippen LogP contribution is 2.05. The lowest BCUT2D eigenvalue weighted by Gasteiger charge is -1.91. The summed E-state index contributed by atoms with van der Waals surface area (Å²) >= 11 is 5.55. The van der Waals surface area contributed by atoms with Crippen molar-refractivity contribution in [3.63, 3.8) is 0 Å². The van der Waals surface area contributed by atoms with Gasteiger partial charge in [-0.1, -0.05) is 0 Å². The number of rotatable bonds is 0. The van der Waals surface area contributed by atoms with Gasteiger partial charge >= 0.3 is 0 Å². The first kappa shape index (κ1) is 4.41. The standard InChI is InChI=1S/C4H7ClN/c5-4-2-1-3-6-4/h2,4,6H,1,3H2. The SMILES string of the molecule is ClC1[CH]CCN1. The summed E-state index contributed by atoms with van der Waals surface area (Å²) in [6.07, 6.45) is 3.18. The van der Waals surface area contributed by atoms with E-state index in [0.717, 1.165) is 13.0 Å². The second-order valence-corrected chi connectivity index (χ2v) is 1.85. The monoisotopic (exact) mass is 104 g/mol. The molecule has 1 aliphatic heterocycles.